The minimum absolute atomic E-state index is 0.387. The predicted octanol–water partition coefficient (Wildman–Crippen LogP) is 3.58. The summed E-state index contributed by atoms with van der Waals surface area (Å²) < 4.78 is 2.06. The molecule has 0 unspecified atom stereocenters. The Morgan fingerprint density at radius 3 is 2.74 bits per heavy atom. The number of likely N-dealkylation sites (N-methyl/N-ethyl adjacent to an activating group) is 1. The Bertz CT molecular complexity index is 1160. The van der Waals surface area contributed by atoms with Gasteiger partial charge in [0.15, 0.2) is 0 Å². The molecule has 0 spiro atoms. The number of hydrogen-bond donors (Lipinski definition) is 0. The highest BCUT2D eigenvalue weighted by molar-refractivity contribution is 5.89. The summed E-state index contributed by atoms with van der Waals surface area (Å²) in [5, 5.41) is 13.4. The van der Waals surface area contributed by atoms with Gasteiger partial charge in [0, 0.05) is 44.0 Å². The standard InChI is InChI=1S/C24H27N7/c1-17-20(16-31(28-17)19-13-18(14-19)5-4-8-25)22-15-26-24-21(27-22)6-3-7-23(24)30-11-9-29(2)10-12-30/h3-7,15-16,18-19H,9-14H2,1-2H3/b5-4+. The van der Waals surface area contributed by atoms with Gasteiger partial charge in [-0.1, -0.05) is 12.1 Å². The molecule has 0 radical (unpaired) electrons. The molecule has 3 aromatic rings. The van der Waals surface area contributed by atoms with Crippen LogP contribution in [-0.4, -0.2) is 57.9 Å². The van der Waals surface area contributed by atoms with Gasteiger partial charge in [-0.25, -0.2) is 4.98 Å². The van der Waals surface area contributed by atoms with Crippen LogP contribution in [0.4, 0.5) is 5.69 Å². The fourth-order valence-electron chi connectivity index (χ4n) is 4.56. The van der Waals surface area contributed by atoms with Gasteiger partial charge in [-0.15, -0.1) is 0 Å². The van der Waals surface area contributed by atoms with Gasteiger partial charge in [0.05, 0.1) is 40.9 Å². The van der Waals surface area contributed by atoms with Crippen LogP contribution in [0.5, 0.6) is 0 Å². The molecular weight excluding hydrogens is 386 g/mol. The van der Waals surface area contributed by atoms with Crippen LogP contribution in [-0.2, 0) is 0 Å². The lowest BCUT2D eigenvalue weighted by atomic mass is 9.80. The van der Waals surface area contributed by atoms with E-state index in [2.05, 4.69) is 45.9 Å². The Morgan fingerprint density at radius 2 is 1.97 bits per heavy atom. The minimum atomic E-state index is 0.387. The van der Waals surface area contributed by atoms with Crippen LogP contribution in [0.3, 0.4) is 0 Å². The Hall–Kier alpha value is -3.24. The molecule has 1 aliphatic carbocycles. The summed E-state index contributed by atoms with van der Waals surface area (Å²) in [4.78, 5) is 14.5. The molecule has 158 valence electrons. The van der Waals surface area contributed by atoms with Crippen LogP contribution in [0.2, 0.25) is 0 Å². The first-order valence-electron chi connectivity index (χ1n) is 10.9. The lowest BCUT2D eigenvalue weighted by Crippen LogP contribution is -2.44. The third kappa shape index (κ3) is 3.79. The molecule has 0 N–H and O–H groups in total. The van der Waals surface area contributed by atoms with Crippen molar-refractivity contribution in [2.75, 3.05) is 38.1 Å². The van der Waals surface area contributed by atoms with E-state index in [1.54, 1.807) is 6.08 Å². The van der Waals surface area contributed by atoms with Crippen LogP contribution in [0, 0.1) is 24.2 Å². The molecule has 0 bridgehead atoms. The number of benzene rings is 1. The van der Waals surface area contributed by atoms with E-state index in [1.165, 1.54) is 5.69 Å². The van der Waals surface area contributed by atoms with Gasteiger partial charge in [0.25, 0.3) is 0 Å². The molecule has 2 aliphatic rings. The molecule has 7 nitrogen and oxygen atoms in total. The topological polar surface area (TPSA) is 73.9 Å². The number of fused-ring (bicyclic) bond motifs is 1. The fourth-order valence-corrected chi connectivity index (χ4v) is 4.56. The number of anilines is 1. The monoisotopic (exact) mass is 413 g/mol. The molecule has 1 aliphatic heterocycles. The molecule has 2 aromatic heterocycles. The van der Waals surface area contributed by atoms with Gasteiger partial charge < -0.3 is 9.80 Å². The summed E-state index contributed by atoms with van der Waals surface area (Å²) in [5.74, 6) is 0.478. The van der Waals surface area contributed by atoms with Gasteiger partial charge in [0.2, 0.25) is 0 Å². The number of aryl methyl sites for hydroxylation is 1. The Kier molecular flexibility index (Phi) is 5.16. The van der Waals surface area contributed by atoms with E-state index in [0.717, 1.165) is 67.0 Å². The number of nitriles is 1. The maximum Gasteiger partial charge on any atom is 0.112 e. The van der Waals surface area contributed by atoms with Crippen molar-refractivity contribution in [1.82, 2.24) is 24.6 Å². The van der Waals surface area contributed by atoms with Crippen LogP contribution in [0.1, 0.15) is 24.6 Å². The van der Waals surface area contributed by atoms with E-state index in [-0.39, 0.29) is 0 Å². The van der Waals surface area contributed by atoms with Crippen molar-refractivity contribution < 1.29 is 0 Å². The summed E-state index contributed by atoms with van der Waals surface area (Å²) >= 11 is 0. The lowest BCUT2D eigenvalue weighted by molar-refractivity contribution is 0.224. The number of hydrogen-bond acceptors (Lipinski definition) is 6. The second-order valence-electron chi connectivity index (χ2n) is 8.67. The number of nitrogens with zero attached hydrogens (tertiary/aromatic N) is 7. The van der Waals surface area contributed by atoms with Gasteiger partial charge in [0.1, 0.15) is 5.52 Å². The summed E-state index contributed by atoms with van der Waals surface area (Å²) in [6.07, 6.45) is 9.62. The number of allylic oxidation sites excluding steroid dienone is 2. The van der Waals surface area contributed by atoms with E-state index >= 15 is 0 Å². The molecule has 3 heterocycles. The van der Waals surface area contributed by atoms with E-state index in [4.69, 9.17) is 20.3 Å². The largest absolute Gasteiger partial charge is 0.367 e. The van der Waals surface area contributed by atoms with E-state index in [1.807, 2.05) is 25.3 Å². The highest BCUT2D eigenvalue weighted by Gasteiger charge is 2.30. The van der Waals surface area contributed by atoms with Crippen molar-refractivity contribution in [3.05, 3.63) is 48.4 Å². The van der Waals surface area contributed by atoms with Gasteiger partial charge in [-0.2, -0.15) is 10.4 Å². The molecule has 2 fully saturated rings. The van der Waals surface area contributed by atoms with Crippen molar-refractivity contribution in [3.8, 4) is 17.3 Å². The van der Waals surface area contributed by atoms with Crippen molar-refractivity contribution in [1.29, 1.82) is 5.26 Å². The van der Waals surface area contributed by atoms with Crippen LogP contribution >= 0.6 is 0 Å². The summed E-state index contributed by atoms with van der Waals surface area (Å²) in [6.45, 7) is 6.18. The average molecular weight is 414 g/mol. The van der Waals surface area contributed by atoms with E-state index in [0.29, 0.717) is 12.0 Å². The number of rotatable bonds is 4. The van der Waals surface area contributed by atoms with Gasteiger partial charge in [-0.3, -0.25) is 9.67 Å². The second-order valence-corrected chi connectivity index (χ2v) is 8.67. The Labute approximate surface area is 182 Å². The molecule has 31 heavy (non-hydrogen) atoms. The van der Waals surface area contributed by atoms with Crippen molar-refractivity contribution >= 4 is 16.7 Å². The summed E-state index contributed by atoms with van der Waals surface area (Å²) in [6, 6.07) is 8.74. The zero-order valence-corrected chi connectivity index (χ0v) is 18.1. The predicted molar refractivity (Wildman–Crippen MR) is 122 cm³/mol. The number of para-hydroxylation sites is 1. The molecular formula is C24H27N7. The molecule has 0 amide bonds. The first-order valence-corrected chi connectivity index (χ1v) is 10.9. The third-order valence-corrected chi connectivity index (χ3v) is 6.55. The van der Waals surface area contributed by atoms with Crippen LogP contribution in [0.25, 0.3) is 22.3 Å². The van der Waals surface area contributed by atoms with Gasteiger partial charge >= 0.3 is 0 Å². The Balaban J connectivity index is 1.40. The second kappa shape index (κ2) is 8.12. The molecule has 5 rings (SSSR count). The first kappa shape index (κ1) is 19.7. The van der Waals surface area contributed by atoms with Crippen molar-refractivity contribution in [3.63, 3.8) is 0 Å². The van der Waals surface area contributed by atoms with Crippen molar-refractivity contribution in [2.45, 2.75) is 25.8 Å². The molecule has 0 atom stereocenters. The average Bonchev–Trinajstić information content (AvgIpc) is 3.13. The fraction of sp³-hybridized carbons (Fsp3) is 0.417. The summed E-state index contributed by atoms with van der Waals surface area (Å²) in [7, 11) is 2.17. The first-order chi connectivity index (χ1) is 15.1. The van der Waals surface area contributed by atoms with Crippen molar-refractivity contribution in [2.24, 2.45) is 5.92 Å². The van der Waals surface area contributed by atoms with Crippen LogP contribution in [0.15, 0.2) is 42.7 Å². The highest BCUT2D eigenvalue weighted by atomic mass is 15.3. The maximum atomic E-state index is 8.69. The molecule has 7 heteroatoms. The van der Waals surface area contributed by atoms with E-state index in [9.17, 15) is 0 Å². The summed E-state index contributed by atoms with van der Waals surface area (Å²) in [5.41, 5.74) is 5.93. The number of aromatic nitrogens is 4. The van der Waals surface area contributed by atoms with E-state index < -0.39 is 0 Å². The molecule has 1 saturated heterocycles. The minimum Gasteiger partial charge on any atom is -0.367 e. The normalized spacial score (nSPS) is 22.0. The highest BCUT2D eigenvalue weighted by Crippen LogP contribution is 2.39. The van der Waals surface area contributed by atoms with Crippen LogP contribution < -0.4 is 4.90 Å². The SMILES string of the molecule is Cc1nn(C2CC(/C=C/C#N)C2)cc1-c1cnc2c(N3CCN(C)CC3)cccc2n1. The van der Waals surface area contributed by atoms with Gasteiger partial charge in [-0.05, 0) is 44.9 Å². The smallest absolute Gasteiger partial charge is 0.112 e. The Morgan fingerprint density at radius 1 is 1.16 bits per heavy atom. The number of piperazine rings is 1. The maximum absolute atomic E-state index is 8.69. The quantitative estimate of drug-likeness (QED) is 0.609. The third-order valence-electron chi connectivity index (χ3n) is 6.55. The zero-order chi connectivity index (χ0) is 21.4. The molecule has 1 aromatic carbocycles. The molecule has 1 saturated carbocycles. The zero-order valence-electron chi connectivity index (χ0n) is 18.1. The lowest BCUT2D eigenvalue weighted by Gasteiger charge is -2.34.